The molecule has 0 aliphatic rings. The third kappa shape index (κ3) is 3.79. The van der Waals surface area contributed by atoms with Gasteiger partial charge in [-0.3, -0.25) is 9.67 Å². The number of aliphatic hydroxyl groups excluding tert-OH is 1. The van der Waals surface area contributed by atoms with Crippen molar-refractivity contribution in [3.63, 3.8) is 0 Å². The molecule has 0 bridgehead atoms. The molecule has 0 aliphatic carbocycles. The van der Waals surface area contributed by atoms with E-state index < -0.39 is 0 Å². The van der Waals surface area contributed by atoms with Crippen molar-refractivity contribution in [1.29, 1.82) is 0 Å². The van der Waals surface area contributed by atoms with E-state index in [1.807, 2.05) is 13.1 Å². The van der Waals surface area contributed by atoms with E-state index >= 15 is 0 Å². The molecule has 0 aromatic carbocycles. The molecule has 1 atom stereocenters. The number of pyridine rings is 1. The van der Waals surface area contributed by atoms with Gasteiger partial charge in [-0.2, -0.15) is 10.1 Å². The maximum absolute atomic E-state index is 9.64. The van der Waals surface area contributed by atoms with E-state index in [2.05, 4.69) is 30.7 Å². The average molecular weight is 346 g/mol. The van der Waals surface area contributed by atoms with Crippen LogP contribution in [0.15, 0.2) is 43.1 Å². The topological polar surface area (TPSA) is 101 Å². The molecular formula is C15H16ClN7O. The van der Waals surface area contributed by atoms with Crippen LogP contribution in [0.1, 0.15) is 11.6 Å². The summed E-state index contributed by atoms with van der Waals surface area (Å²) in [5, 5.41) is 20.2. The van der Waals surface area contributed by atoms with Crippen molar-refractivity contribution in [2.45, 2.75) is 6.04 Å². The number of halogens is 1. The Balaban J connectivity index is 1.80. The van der Waals surface area contributed by atoms with E-state index in [-0.39, 0.29) is 12.6 Å². The summed E-state index contributed by atoms with van der Waals surface area (Å²) >= 11 is 6.16. The number of hydrogen-bond donors (Lipinski definition) is 3. The number of aromatic nitrogens is 5. The van der Waals surface area contributed by atoms with Gasteiger partial charge in [0, 0.05) is 25.6 Å². The van der Waals surface area contributed by atoms with Crippen LogP contribution < -0.4 is 10.6 Å². The van der Waals surface area contributed by atoms with Gasteiger partial charge in [0.05, 0.1) is 30.7 Å². The first-order chi connectivity index (χ1) is 11.7. The van der Waals surface area contributed by atoms with Gasteiger partial charge in [-0.25, -0.2) is 4.98 Å². The maximum Gasteiger partial charge on any atom is 0.229 e. The molecule has 124 valence electrons. The first-order valence-electron chi connectivity index (χ1n) is 7.21. The van der Waals surface area contributed by atoms with E-state index in [0.717, 1.165) is 11.3 Å². The number of nitrogens with one attached hydrogen (secondary N) is 2. The van der Waals surface area contributed by atoms with E-state index in [1.54, 1.807) is 35.5 Å². The lowest BCUT2D eigenvalue weighted by Gasteiger charge is -2.18. The number of aliphatic hydroxyl groups is 1. The summed E-state index contributed by atoms with van der Waals surface area (Å²) in [5.74, 6) is 0.790. The molecule has 0 spiro atoms. The quantitative estimate of drug-likeness (QED) is 0.629. The fourth-order valence-corrected chi connectivity index (χ4v) is 2.27. The van der Waals surface area contributed by atoms with E-state index in [4.69, 9.17) is 11.6 Å². The molecule has 0 amide bonds. The Morgan fingerprint density at radius 3 is 2.88 bits per heavy atom. The van der Waals surface area contributed by atoms with Crippen molar-refractivity contribution in [3.8, 4) is 0 Å². The summed E-state index contributed by atoms with van der Waals surface area (Å²) in [6.45, 7) is -0.128. The largest absolute Gasteiger partial charge is 0.394 e. The summed E-state index contributed by atoms with van der Waals surface area (Å²) in [6, 6.07) is 3.29. The van der Waals surface area contributed by atoms with Crippen LogP contribution in [0.4, 0.5) is 17.5 Å². The normalized spacial score (nSPS) is 12.0. The highest BCUT2D eigenvalue weighted by Gasteiger charge is 2.14. The summed E-state index contributed by atoms with van der Waals surface area (Å²) < 4.78 is 1.67. The minimum atomic E-state index is -0.377. The molecule has 3 rings (SSSR count). The number of anilines is 3. The van der Waals surface area contributed by atoms with Gasteiger partial charge >= 0.3 is 0 Å². The van der Waals surface area contributed by atoms with Crippen molar-refractivity contribution in [1.82, 2.24) is 24.7 Å². The SMILES string of the molecule is Cn1cc(Nc2ncc(Cl)c(N[C@H](CO)c3cccnc3)n2)cn1. The first kappa shape index (κ1) is 16.2. The monoisotopic (exact) mass is 345 g/mol. The zero-order chi connectivity index (χ0) is 16.9. The van der Waals surface area contributed by atoms with Crippen LogP contribution in [-0.2, 0) is 7.05 Å². The predicted molar refractivity (Wildman–Crippen MR) is 91.2 cm³/mol. The lowest BCUT2D eigenvalue weighted by Crippen LogP contribution is -2.16. The molecule has 0 radical (unpaired) electrons. The van der Waals surface area contributed by atoms with Gasteiger partial charge < -0.3 is 15.7 Å². The standard InChI is InChI=1S/C15H16ClN7O/c1-23-8-11(6-19-23)20-15-18-7-12(16)14(22-15)21-13(9-24)10-3-2-4-17-5-10/h2-8,13,24H,9H2,1H3,(H2,18,20,21,22)/t13-/m1/s1. The molecule has 0 saturated carbocycles. The van der Waals surface area contributed by atoms with Crippen LogP contribution in [0.5, 0.6) is 0 Å². The van der Waals surface area contributed by atoms with Crippen LogP contribution in [0.3, 0.4) is 0 Å². The highest BCUT2D eigenvalue weighted by Crippen LogP contribution is 2.25. The van der Waals surface area contributed by atoms with Crippen molar-refractivity contribution in [2.24, 2.45) is 7.05 Å². The minimum absolute atomic E-state index is 0.128. The fourth-order valence-electron chi connectivity index (χ4n) is 2.12. The number of aryl methyl sites for hydroxylation is 1. The van der Waals surface area contributed by atoms with Gasteiger partial charge in [-0.05, 0) is 11.6 Å². The van der Waals surface area contributed by atoms with Crippen LogP contribution >= 0.6 is 11.6 Å². The average Bonchev–Trinajstić information content (AvgIpc) is 3.01. The number of hydrogen-bond acceptors (Lipinski definition) is 7. The van der Waals surface area contributed by atoms with E-state index in [1.165, 1.54) is 6.20 Å². The Morgan fingerprint density at radius 1 is 1.33 bits per heavy atom. The molecule has 9 heteroatoms. The summed E-state index contributed by atoms with van der Waals surface area (Å²) in [4.78, 5) is 12.6. The van der Waals surface area contributed by atoms with E-state index in [0.29, 0.717) is 16.8 Å². The van der Waals surface area contributed by atoms with Gasteiger partial charge in [0.15, 0.2) is 5.82 Å². The van der Waals surface area contributed by atoms with Crippen LogP contribution in [0.2, 0.25) is 5.02 Å². The first-order valence-corrected chi connectivity index (χ1v) is 7.59. The van der Waals surface area contributed by atoms with Crippen LogP contribution in [-0.4, -0.2) is 36.4 Å². The second-order valence-electron chi connectivity index (χ2n) is 5.08. The Bertz CT molecular complexity index is 809. The van der Waals surface area contributed by atoms with Crippen molar-refractivity contribution in [2.75, 3.05) is 17.2 Å². The van der Waals surface area contributed by atoms with Crippen LogP contribution in [0, 0.1) is 0 Å². The molecule has 8 nitrogen and oxygen atoms in total. The molecule has 3 aromatic rings. The molecule has 0 unspecified atom stereocenters. The lowest BCUT2D eigenvalue weighted by molar-refractivity contribution is 0.276. The Labute approximate surface area is 143 Å². The Kier molecular flexibility index (Phi) is 4.88. The van der Waals surface area contributed by atoms with Crippen molar-refractivity contribution >= 4 is 29.1 Å². The zero-order valence-electron chi connectivity index (χ0n) is 12.9. The molecule has 3 aromatic heterocycles. The predicted octanol–water partition coefficient (Wildman–Crippen LogP) is 2.15. The molecule has 0 aliphatic heterocycles. The third-order valence-electron chi connectivity index (χ3n) is 3.29. The van der Waals surface area contributed by atoms with Gasteiger partial charge in [0.2, 0.25) is 5.95 Å². The highest BCUT2D eigenvalue weighted by atomic mass is 35.5. The zero-order valence-corrected chi connectivity index (χ0v) is 13.6. The van der Waals surface area contributed by atoms with Gasteiger partial charge in [0.1, 0.15) is 5.02 Å². The van der Waals surface area contributed by atoms with Gasteiger partial charge in [-0.15, -0.1) is 0 Å². The number of nitrogens with zero attached hydrogens (tertiary/aromatic N) is 5. The third-order valence-corrected chi connectivity index (χ3v) is 3.56. The second-order valence-corrected chi connectivity index (χ2v) is 5.49. The molecule has 0 fully saturated rings. The van der Waals surface area contributed by atoms with Crippen LogP contribution in [0.25, 0.3) is 0 Å². The molecule has 24 heavy (non-hydrogen) atoms. The van der Waals surface area contributed by atoms with Gasteiger partial charge in [-0.1, -0.05) is 17.7 Å². The Hall–Kier alpha value is -2.71. The second kappa shape index (κ2) is 7.24. The highest BCUT2D eigenvalue weighted by molar-refractivity contribution is 6.32. The van der Waals surface area contributed by atoms with Gasteiger partial charge in [0.25, 0.3) is 0 Å². The summed E-state index contributed by atoms with van der Waals surface area (Å²) in [7, 11) is 1.82. The molecule has 3 N–H and O–H groups in total. The summed E-state index contributed by atoms with van der Waals surface area (Å²) in [5.41, 5.74) is 1.59. The minimum Gasteiger partial charge on any atom is -0.394 e. The molecule has 0 saturated heterocycles. The molecule has 3 heterocycles. The maximum atomic E-state index is 9.64. The van der Waals surface area contributed by atoms with E-state index in [9.17, 15) is 5.11 Å². The summed E-state index contributed by atoms with van der Waals surface area (Å²) in [6.07, 6.45) is 8.31. The lowest BCUT2D eigenvalue weighted by atomic mass is 10.1. The fraction of sp³-hybridized carbons (Fsp3) is 0.200. The van der Waals surface area contributed by atoms with Crippen molar-refractivity contribution in [3.05, 3.63) is 53.7 Å². The van der Waals surface area contributed by atoms with Crippen molar-refractivity contribution < 1.29 is 5.11 Å². The Morgan fingerprint density at radius 2 is 2.21 bits per heavy atom. The molecular weight excluding hydrogens is 330 g/mol. The number of rotatable bonds is 6. The smallest absolute Gasteiger partial charge is 0.229 e.